The fourth-order valence-electron chi connectivity index (χ4n) is 3.31. The number of hydrogen-bond donors (Lipinski definition) is 1. The molecule has 114 valence electrons. The van der Waals surface area contributed by atoms with Gasteiger partial charge in [-0.05, 0) is 37.5 Å². The Morgan fingerprint density at radius 3 is 2.86 bits per heavy atom. The van der Waals surface area contributed by atoms with Crippen LogP contribution >= 0.6 is 0 Å². The molecule has 1 N–H and O–H groups in total. The summed E-state index contributed by atoms with van der Waals surface area (Å²) in [6.07, 6.45) is 1.79. The summed E-state index contributed by atoms with van der Waals surface area (Å²) in [6, 6.07) is 6.81. The molecule has 1 unspecified atom stereocenters. The molecular formula is C16H21FN2O2. The molecule has 21 heavy (non-hydrogen) atoms. The SMILES string of the molecule is CC1NC(=O)COC12CCN(Cc1cccc(F)c1)CC2. The number of hydrogen-bond acceptors (Lipinski definition) is 3. The first-order valence-corrected chi connectivity index (χ1v) is 7.47. The molecule has 1 aromatic rings. The molecule has 1 spiro atoms. The van der Waals surface area contributed by atoms with Crippen LogP contribution in [-0.2, 0) is 16.1 Å². The lowest BCUT2D eigenvalue weighted by Crippen LogP contribution is -2.62. The van der Waals surface area contributed by atoms with E-state index in [2.05, 4.69) is 10.2 Å². The van der Waals surface area contributed by atoms with Gasteiger partial charge < -0.3 is 10.1 Å². The highest BCUT2D eigenvalue weighted by atomic mass is 19.1. The van der Waals surface area contributed by atoms with Gasteiger partial charge in [-0.15, -0.1) is 0 Å². The monoisotopic (exact) mass is 292 g/mol. The Bertz CT molecular complexity index is 527. The Morgan fingerprint density at radius 1 is 1.43 bits per heavy atom. The summed E-state index contributed by atoms with van der Waals surface area (Å²) in [6.45, 7) is 4.73. The lowest BCUT2D eigenvalue weighted by Gasteiger charge is -2.47. The minimum atomic E-state index is -0.230. The number of carbonyl (C=O) groups excluding carboxylic acids is 1. The molecule has 2 aliphatic heterocycles. The Kier molecular flexibility index (Phi) is 3.95. The standard InChI is InChI=1S/C16H21FN2O2/c1-12-16(21-11-15(20)18-12)5-7-19(8-6-16)10-13-3-2-4-14(17)9-13/h2-4,9,12H,5-8,10-11H2,1H3,(H,18,20). The van der Waals surface area contributed by atoms with Crippen molar-refractivity contribution in [2.24, 2.45) is 0 Å². The van der Waals surface area contributed by atoms with Crippen LogP contribution in [0.3, 0.4) is 0 Å². The number of nitrogens with zero attached hydrogens (tertiary/aromatic N) is 1. The fraction of sp³-hybridized carbons (Fsp3) is 0.562. The van der Waals surface area contributed by atoms with Gasteiger partial charge in [-0.1, -0.05) is 12.1 Å². The number of halogens is 1. The summed E-state index contributed by atoms with van der Waals surface area (Å²) >= 11 is 0. The smallest absolute Gasteiger partial charge is 0.246 e. The second-order valence-electron chi connectivity index (χ2n) is 6.05. The van der Waals surface area contributed by atoms with Crippen molar-refractivity contribution >= 4 is 5.91 Å². The number of morpholine rings is 1. The second kappa shape index (κ2) is 5.73. The van der Waals surface area contributed by atoms with E-state index in [1.54, 1.807) is 12.1 Å². The first-order valence-electron chi connectivity index (χ1n) is 7.47. The van der Waals surface area contributed by atoms with E-state index in [4.69, 9.17) is 4.74 Å². The third-order valence-electron chi connectivity index (χ3n) is 4.65. The summed E-state index contributed by atoms with van der Waals surface area (Å²) < 4.78 is 19.1. The largest absolute Gasteiger partial charge is 0.363 e. The van der Waals surface area contributed by atoms with Crippen molar-refractivity contribution in [3.05, 3.63) is 35.6 Å². The Balaban J connectivity index is 1.59. The van der Waals surface area contributed by atoms with Crippen molar-refractivity contribution in [1.29, 1.82) is 0 Å². The zero-order valence-electron chi connectivity index (χ0n) is 12.3. The Labute approximate surface area is 124 Å². The fourth-order valence-corrected chi connectivity index (χ4v) is 3.31. The topological polar surface area (TPSA) is 41.6 Å². The van der Waals surface area contributed by atoms with Gasteiger partial charge in [0.1, 0.15) is 12.4 Å². The van der Waals surface area contributed by atoms with Crippen LogP contribution in [0.4, 0.5) is 4.39 Å². The van der Waals surface area contributed by atoms with Crippen molar-refractivity contribution in [3.8, 4) is 0 Å². The summed E-state index contributed by atoms with van der Waals surface area (Å²) in [5.41, 5.74) is 0.767. The molecule has 0 aromatic heterocycles. The number of carbonyl (C=O) groups is 1. The van der Waals surface area contributed by atoms with Crippen LogP contribution < -0.4 is 5.32 Å². The van der Waals surface area contributed by atoms with Gasteiger partial charge in [0.25, 0.3) is 0 Å². The highest BCUT2D eigenvalue weighted by Crippen LogP contribution is 2.32. The number of benzene rings is 1. The highest BCUT2D eigenvalue weighted by Gasteiger charge is 2.44. The molecule has 1 atom stereocenters. The average molecular weight is 292 g/mol. The normalized spacial score (nSPS) is 25.8. The average Bonchev–Trinajstić information content (AvgIpc) is 2.46. The first-order chi connectivity index (χ1) is 10.1. The van der Waals surface area contributed by atoms with Gasteiger partial charge in [0.05, 0.1) is 11.6 Å². The lowest BCUT2D eigenvalue weighted by atomic mass is 9.83. The third-order valence-corrected chi connectivity index (χ3v) is 4.65. The molecule has 2 aliphatic rings. The number of rotatable bonds is 2. The summed E-state index contributed by atoms with van der Waals surface area (Å²) in [5.74, 6) is -0.219. The Hall–Kier alpha value is -1.46. The zero-order chi connectivity index (χ0) is 14.9. The molecular weight excluding hydrogens is 271 g/mol. The minimum absolute atomic E-state index is 0.0321. The van der Waals surface area contributed by atoms with Crippen LogP contribution in [0.25, 0.3) is 0 Å². The van der Waals surface area contributed by atoms with E-state index in [0.29, 0.717) is 0 Å². The quantitative estimate of drug-likeness (QED) is 0.902. The van der Waals surface area contributed by atoms with Crippen LogP contribution in [0.5, 0.6) is 0 Å². The van der Waals surface area contributed by atoms with E-state index in [1.807, 2.05) is 13.0 Å². The maximum atomic E-state index is 13.2. The maximum Gasteiger partial charge on any atom is 0.246 e. The maximum absolute atomic E-state index is 13.2. The molecule has 0 aliphatic carbocycles. The van der Waals surface area contributed by atoms with Crippen LogP contribution in [0.1, 0.15) is 25.3 Å². The summed E-state index contributed by atoms with van der Waals surface area (Å²) in [4.78, 5) is 13.7. The molecule has 2 heterocycles. The summed E-state index contributed by atoms with van der Waals surface area (Å²) in [5, 5.41) is 2.98. The van der Waals surface area contributed by atoms with Crippen LogP contribution in [0.2, 0.25) is 0 Å². The van der Waals surface area contributed by atoms with Crippen LogP contribution in [-0.4, -0.2) is 42.1 Å². The molecule has 1 amide bonds. The molecule has 2 saturated heterocycles. The highest BCUT2D eigenvalue weighted by molar-refractivity contribution is 5.78. The van der Waals surface area contributed by atoms with Crippen molar-refractivity contribution in [3.63, 3.8) is 0 Å². The molecule has 4 nitrogen and oxygen atoms in total. The molecule has 0 bridgehead atoms. The number of likely N-dealkylation sites (tertiary alicyclic amines) is 1. The van der Waals surface area contributed by atoms with Gasteiger partial charge in [0, 0.05) is 19.6 Å². The summed E-state index contributed by atoms with van der Waals surface area (Å²) in [7, 11) is 0. The number of piperidine rings is 1. The molecule has 1 aromatic carbocycles. The number of ether oxygens (including phenoxy) is 1. The number of nitrogens with one attached hydrogen (secondary N) is 1. The van der Waals surface area contributed by atoms with E-state index in [-0.39, 0.29) is 30.0 Å². The van der Waals surface area contributed by atoms with Gasteiger partial charge in [-0.2, -0.15) is 0 Å². The molecule has 3 rings (SSSR count). The molecule has 5 heteroatoms. The third kappa shape index (κ3) is 3.09. The van der Waals surface area contributed by atoms with Gasteiger partial charge in [-0.3, -0.25) is 9.69 Å². The van der Waals surface area contributed by atoms with Crippen LogP contribution in [0, 0.1) is 5.82 Å². The first kappa shape index (κ1) is 14.5. The van der Waals surface area contributed by atoms with E-state index in [0.717, 1.165) is 38.0 Å². The number of amides is 1. The van der Waals surface area contributed by atoms with Gasteiger partial charge in [-0.25, -0.2) is 4.39 Å². The minimum Gasteiger partial charge on any atom is -0.363 e. The Morgan fingerprint density at radius 2 is 2.19 bits per heavy atom. The van der Waals surface area contributed by atoms with Crippen molar-refractivity contribution in [2.75, 3.05) is 19.7 Å². The van der Waals surface area contributed by atoms with Crippen LogP contribution in [0.15, 0.2) is 24.3 Å². The van der Waals surface area contributed by atoms with E-state index >= 15 is 0 Å². The van der Waals surface area contributed by atoms with Gasteiger partial charge >= 0.3 is 0 Å². The van der Waals surface area contributed by atoms with E-state index in [1.165, 1.54) is 6.07 Å². The van der Waals surface area contributed by atoms with Crippen molar-refractivity contribution in [1.82, 2.24) is 10.2 Å². The van der Waals surface area contributed by atoms with E-state index < -0.39 is 0 Å². The molecule has 2 fully saturated rings. The molecule has 0 saturated carbocycles. The van der Waals surface area contributed by atoms with Crippen molar-refractivity contribution in [2.45, 2.75) is 38.0 Å². The predicted octanol–water partition coefficient (Wildman–Crippen LogP) is 1.70. The van der Waals surface area contributed by atoms with Crippen molar-refractivity contribution < 1.29 is 13.9 Å². The lowest BCUT2D eigenvalue weighted by molar-refractivity contribution is -0.159. The van der Waals surface area contributed by atoms with Gasteiger partial charge in [0.2, 0.25) is 5.91 Å². The zero-order valence-corrected chi connectivity index (χ0v) is 12.3. The van der Waals surface area contributed by atoms with Gasteiger partial charge in [0.15, 0.2) is 0 Å². The van der Waals surface area contributed by atoms with E-state index in [9.17, 15) is 9.18 Å². The molecule has 0 radical (unpaired) electrons. The second-order valence-corrected chi connectivity index (χ2v) is 6.05. The predicted molar refractivity (Wildman–Crippen MR) is 77.2 cm³/mol.